The van der Waals surface area contributed by atoms with Gasteiger partial charge >= 0.3 is 6.18 Å². The van der Waals surface area contributed by atoms with E-state index in [1.165, 1.54) is 19.4 Å². The van der Waals surface area contributed by atoms with Gasteiger partial charge in [-0.3, -0.25) is 4.79 Å². The third-order valence-electron chi connectivity index (χ3n) is 0.983. The standard InChI is InChI=1S/C7H10F3NO2S/c1-5(11-14(2,3)13)4-6(12)7(8,9)10/h4H,1-3H3/b5-4+. The van der Waals surface area contributed by atoms with Gasteiger partial charge in [0.15, 0.2) is 0 Å². The van der Waals surface area contributed by atoms with Crippen molar-refractivity contribution in [1.82, 2.24) is 0 Å². The van der Waals surface area contributed by atoms with E-state index in [0.29, 0.717) is 6.08 Å². The monoisotopic (exact) mass is 229 g/mol. The molecule has 3 nitrogen and oxygen atoms in total. The molecule has 0 aromatic carbocycles. The van der Waals surface area contributed by atoms with Gasteiger partial charge in [-0.2, -0.15) is 13.2 Å². The van der Waals surface area contributed by atoms with E-state index in [1.807, 2.05) is 0 Å². The molecular weight excluding hydrogens is 219 g/mol. The second-order valence-corrected chi connectivity index (χ2v) is 5.47. The summed E-state index contributed by atoms with van der Waals surface area (Å²) in [5, 5.41) is 0. The van der Waals surface area contributed by atoms with Gasteiger partial charge in [-0.15, -0.1) is 0 Å². The number of halogens is 3. The van der Waals surface area contributed by atoms with Crippen molar-refractivity contribution in [3.8, 4) is 0 Å². The van der Waals surface area contributed by atoms with Crippen LogP contribution in [0.4, 0.5) is 13.2 Å². The second-order valence-electron chi connectivity index (χ2n) is 2.92. The van der Waals surface area contributed by atoms with Gasteiger partial charge in [-0.05, 0) is 6.92 Å². The number of carbonyl (C=O) groups is 1. The van der Waals surface area contributed by atoms with Crippen molar-refractivity contribution in [2.45, 2.75) is 13.1 Å². The molecule has 0 N–H and O–H groups in total. The van der Waals surface area contributed by atoms with Crippen LogP contribution in [0.15, 0.2) is 16.1 Å². The predicted molar refractivity (Wildman–Crippen MR) is 47.2 cm³/mol. The lowest BCUT2D eigenvalue weighted by atomic mass is 10.3. The minimum absolute atomic E-state index is 0.192. The molecule has 0 saturated heterocycles. The van der Waals surface area contributed by atoms with Crippen molar-refractivity contribution in [3.63, 3.8) is 0 Å². The van der Waals surface area contributed by atoms with Crippen molar-refractivity contribution in [3.05, 3.63) is 11.8 Å². The molecule has 0 saturated carbocycles. The molecule has 0 rings (SSSR count). The zero-order valence-corrected chi connectivity index (χ0v) is 8.70. The Hall–Kier alpha value is -0.850. The number of nitrogens with zero attached hydrogens (tertiary/aromatic N) is 1. The van der Waals surface area contributed by atoms with E-state index in [2.05, 4.69) is 4.36 Å². The van der Waals surface area contributed by atoms with Crippen LogP contribution in [0, 0.1) is 0 Å². The van der Waals surface area contributed by atoms with Crippen molar-refractivity contribution in [1.29, 1.82) is 0 Å². The third kappa shape index (κ3) is 5.74. The van der Waals surface area contributed by atoms with Gasteiger partial charge in [-0.1, -0.05) is 0 Å². The molecule has 0 amide bonds. The molecular formula is C7H10F3NO2S. The number of alkyl halides is 3. The molecule has 0 aliphatic heterocycles. The Bertz CT molecular complexity index is 367. The summed E-state index contributed by atoms with van der Waals surface area (Å²) in [6.07, 6.45) is -2.05. The highest BCUT2D eigenvalue weighted by Gasteiger charge is 2.36. The van der Waals surface area contributed by atoms with Crippen LogP contribution in [-0.2, 0) is 14.5 Å². The molecule has 14 heavy (non-hydrogen) atoms. The molecule has 0 unspecified atom stereocenters. The van der Waals surface area contributed by atoms with E-state index in [9.17, 15) is 22.2 Å². The minimum Gasteiger partial charge on any atom is -0.285 e. The lowest BCUT2D eigenvalue weighted by Gasteiger charge is -2.00. The number of hydrogen-bond donors (Lipinski definition) is 0. The van der Waals surface area contributed by atoms with Crippen LogP contribution in [0.1, 0.15) is 6.92 Å². The van der Waals surface area contributed by atoms with Gasteiger partial charge in [0.2, 0.25) is 0 Å². The fourth-order valence-corrected chi connectivity index (χ4v) is 1.39. The Morgan fingerprint density at radius 2 is 1.79 bits per heavy atom. The molecule has 7 heteroatoms. The molecule has 0 aromatic rings. The van der Waals surface area contributed by atoms with Crippen LogP contribution in [0.5, 0.6) is 0 Å². The van der Waals surface area contributed by atoms with Crippen LogP contribution in [0.3, 0.4) is 0 Å². The van der Waals surface area contributed by atoms with Crippen molar-refractivity contribution < 1.29 is 22.2 Å². The van der Waals surface area contributed by atoms with Crippen LogP contribution in [0.25, 0.3) is 0 Å². The molecule has 0 radical (unpaired) electrons. The zero-order valence-electron chi connectivity index (χ0n) is 7.88. The summed E-state index contributed by atoms with van der Waals surface area (Å²) >= 11 is 0. The summed E-state index contributed by atoms with van der Waals surface area (Å²) in [6, 6.07) is 0. The summed E-state index contributed by atoms with van der Waals surface area (Å²) in [6.45, 7) is 1.19. The molecule has 0 aliphatic carbocycles. The molecule has 0 aliphatic rings. The average molecular weight is 229 g/mol. The normalized spacial score (nSPS) is 14.0. The Balaban J connectivity index is 4.91. The first kappa shape index (κ1) is 13.2. The zero-order chi connectivity index (χ0) is 11.6. The van der Waals surface area contributed by atoms with Crippen LogP contribution in [0.2, 0.25) is 0 Å². The molecule has 0 fully saturated rings. The number of allylic oxidation sites excluding steroid dienone is 2. The molecule has 0 heterocycles. The van der Waals surface area contributed by atoms with Gasteiger partial charge in [0.25, 0.3) is 5.78 Å². The van der Waals surface area contributed by atoms with E-state index in [4.69, 9.17) is 0 Å². The third-order valence-corrected chi connectivity index (χ3v) is 1.71. The molecule has 0 atom stereocenters. The van der Waals surface area contributed by atoms with Crippen LogP contribution in [-0.4, -0.2) is 28.7 Å². The Morgan fingerprint density at radius 1 is 1.36 bits per heavy atom. The van der Waals surface area contributed by atoms with Crippen molar-refractivity contribution in [2.24, 2.45) is 4.36 Å². The molecule has 0 spiro atoms. The highest BCUT2D eigenvalue weighted by Crippen LogP contribution is 2.17. The quantitative estimate of drug-likeness (QED) is 0.677. The first-order chi connectivity index (χ1) is 6.02. The maximum atomic E-state index is 11.7. The summed E-state index contributed by atoms with van der Waals surface area (Å²) in [5.41, 5.74) is -0.192. The SMILES string of the molecule is C/C(=C\C(=O)C(F)(F)F)N=S(C)(C)=O. The fraction of sp³-hybridized carbons (Fsp3) is 0.571. The summed E-state index contributed by atoms with van der Waals surface area (Å²) < 4.78 is 49.7. The second kappa shape index (κ2) is 4.12. The smallest absolute Gasteiger partial charge is 0.285 e. The Kier molecular flexibility index (Phi) is 3.87. The lowest BCUT2D eigenvalue weighted by molar-refractivity contribution is -0.165. The molecule has 0 bridgehead atoms. The summed E-state index contributed by atoms with van der Waals surface area (Å²) in [7, 11) is -2.53. The van der Waals surface area contributed by atoms with E-state index in [1.54, 1.807) is 0 Å². The predicted octanol–water partition coefficient (Wildman–Crippen LogP) is 1.75. The van der Waals surface area contributed by atoms with Crippen molar-refractivity contribution in [2.75, 3.05) is 12.5 Å². The van der Waals surface area contributed by atoms with Gasteiger partial charge < -0.3 is 0 Å². The number of rotatable bonds is 2. The van der Waals surface area contributed by atoms with Crippen LogP contribution < -0.4 is 0 Å². The number of carbonyl (C=O) groups excluding carboxylic acids is 1. The van der Waals surface area contributed by atoms with Gasteiger partial charge in [-0.25, -0.2) is 8.57 Å². The van der Waals surface area contributed by atoms with Gasteiger partial charge in [0.1, 0.15) is 0 Å². The fourth-order valence-electron chi connectivity index (χ4n) is 0.645. The van der Waals surface area contributed by atoms with Crippen LogP contribution >= 0.6 is 0 Å². The molecule has 0 aromatic heterocycles. The lowest BCUT2D eigenvalue weighted by Crippen LogP contribution is -2.20. The van der Waals surface area contributed by atoms with E-state index in [0.717, 1.165) is 0 Å². The largest absolute Gasteiger partial charge is 0.454 e. The minimum atomic E-state index is -4.90. The Morgan fingerprint density at radius 3 is 2.07 bits per heavy atom. The first-order valence-electron chi connectivity index (χ1n) is 3.49. The van der Waals surface area contributed by atoms with Gasteiger partial charge in [0.05, 0.1) is 5.70 Å². The average Bonchev–Trinajstić information content (AvgIpc) is 1.79. The van der Waals surface area contributed by atoms with E-state index in [-0.39, 0.29) is 5.70 Å². The molecule has 82 valence electrons. The maximum absolute atomic E-state index is 11.7. The van der Waals surface area contributed by atoms with E-state index < -0.39 is 21.7 Å². The number of hydrogen-bond acceptors (Lipinski definition) is 3. The summed E-state index contributed by atoms with van der Waals surface area (Å²) in [5.74, 6) is -2.00. The van der Waals surface area contributed by atoms with E-state index >= 15 is 0 Å². The first-order valence-corrected chi connectivity index (χ1v) is 5.82. The van der Waals surface area contributed by atoms with Crippen molar-refractivity contribution >= 4 is 15.5 Å². The summed E-state index contributed by atoms with van der Waals surface area (Å²) in [4.78, 5) is 10.4. The maximum Gasteiger partial charge on any atom is 0.454 e. The number of ketones is 1. The topological polar surface area (TPSA) is 46.5 Å². The van der Waals surface area contributed by atoms with Gasteiger partial charge in [0, 0.05) is 28.3 Å². The Labute approximate surface area is 80.2 Å². The highest BCUT2D eigenvalue weighted by atomic mass is 32.2. The highest BCUT2D eigenvalue weighted by molar-refractivity contribution is 7.92.